The van der Waals surface area contributed by atoms with Crippen LogP contribution in [0.3, 0.4) is 0 Å². The Kier molecular flexibility index (Phi) is 5.09. The Labute approximate surface area is 99.1 Å². The molecule has 0 fully saturated rings. The third-order valence-electron chi connectivity index (χ3n) is 2.08. The Morgan fingerprint density at radius 3 is 2.82 bits per heavy atom. The number of carbonyl (C=O) groups excluding carboxylic acids is 1. The third kappa shape index (κ3) is 5.07. The average Bonchev–Trinajstić information content (AvgIpc) is 2.28. The molecule has 0 aromatic carbocycles. The zero-order valence-corrected chi connectivity index (χ0v) is 9.51. The summed E-state index contributed by atoms with van der Waals surface area (Å²) in [6.07, 6.45) is 3.36. The van der Waals surface area contributed by atoms with Gasteiger partial charge >= 0.3 is 5.97 Å². The van der Waals surface area contributed by atoms with E-state index in [2.05, 4.69) is 15.6 Å². The topological polar surface area (TPSA) is 91.3 Å². The van der Waals surface area contributed by atoms with Crippen molar-refractivity contribution in [2.24, 2.45) is 0 Å². The highest BCUT2D eigenvalue weighted by atomic mass is 16.4. The molecule has 0 bridgehead atoms. The number of nitrogens with zero attached hydrogens (tertiary/aromatic N) is 1. The van der Waals surface area contributed by atoms with Crippen LogP contribution in [0.25, 0.3) is 0 Å². The first-order chi connectivity index (χ1) is 8.09. The van der Waals surface area contributed by atoms with E-state index in [0.717, 1.165) is 5.56 Å². The van der Waals surface area contributed by atoms with Gasteiger partial charge in [-0.1, -0.05) is 6.07 Å². The minimum atomic E-state index is -1.06. The van der Waals surface area contributed by atoms with Crippen LogP contribution in [0, 0.1) is 0 Å². The van der Waals surface area contributed by atoms with Crippen LogP contribution in [0.4, 0.5) is 0 Å². The molecule has 1 amide bonds. The summed E-state index contributed by atoms with van der Waals surface area (Å²) in [6.45, 7) is 1.97. The van der Waals surface area contributed by atoms with Crippen molar-refractivity contribution in [3.63, 3.8) is 0 Å². The Bertz CT molecular complexity index is 381. The first kappa shape index (κ1) is 13.1. The maximum atomic E-state index is 10.8. The zero-order valence-electron chi connectivity index (χ0n) is 9.51. The van der Waals surface area contributed by atoms with Crippen molar-refractivity contribution in [3.05, 3.63) is 30.1 Å². The molecule has 3 N–H and O–H groups in total. The van der Waals surface area contributed by atoms with Gasteiger partial charge in [0.1, 0.15) is 6.04 Å². The number of carboxylic acids is 1. The highest BCUT2D eigenvalue weighted by Gasteiger charge is 2.17. The van der Waals surface area contributed by atoms with E-state index in [1.165, 1.54) is 6.92 Å². The van der Waals surface area contributed by atoms with Crippen LogP contribution < -0.4 is 10.6 Å². The molecule has 6 nitrogen and oxygen atoms in total. The van der Waals surface area contributed by atoms with Gasteiger partial charge in [0.25, 0.3) is 0 Å². The lowest BCUT2D eigenvalue weighted by Gasteiger charge is -2.13. The number of hydrogen-bond donors (Lipinski definition) is 3. The molecule has 0 aliphatic heterocycles. The number of aromatic nitrogens is 1. The molecule has 0 spiro atoms. The Hall–Kier alpha value is -1.95. The van der Waals surface area contributed by atoms with E-state index in [4.69, 9.17) is 5.11 Å². The standard InChI is InChI=1S/C11H15N3O3/c1-8(15)14-10(11(16)17)7-13-6-9-3-2-4-12-5-9/h2-5,10,13H,6-7H2,1H3,(H,14,15)(H,16,17). The largest absolute Gasteiger partial charge is 0.480 e. The maximum absolute atomic E-state index is 10.8. The van der Waals surface area contributed by atoms with Crippen molar-refractivity contribution >= 4 is 11.9 Å². The van der Waals surface area contributed by atoms with Crippen LogP contribution >= 0.6 is 0 Å². The van der Waals surface area contributed by atoms with Crippen LogP contribution in [0.15, 0.2) is 24.5 Å². The van der Waals surface area contributed by atoms with Crippen LogP contribution in [0.5, 0.6) is 0 Å². The molecule has 1 heterocycles. The van der Waals surface area contributed by atoms with Gasteiger partial charge in [-0.05, 0) is 11.6 Å². The smallest absolute Gasteiger partial charge is 0.327 e. The van der Waals surface area contributed by atoms with Crippen LogP contribution in [0.2, 0.25) is 0 Å². The monoisotopic (exact) mass is 237 g/mol. The predicted molar refractivity (Wildman–Crippen MR) is 61.2 cm³/mol. The number of nitrogens with one attached hydrogen (secondary N) is 2. The summed E-state index contributed by atoms with van der Waals surface area (Å²) in [5.74, 6) is -1.42. The van der Waals surface area contributed by atoms with Crippen molar-refractivity contribution in [1.29, 1.82) is 0 Å². The lowest BCUT2D eigenvalue weighted by atomic mass is 10.2. The summed E-state index contributed by atoms with van der Waals surface area (Å²) in [6, 6.07) is 2.78. The molecule has 17 heavy (non-hydrogen) atoms. The molecule has 1 rings (SSSR count). The van der Waals surface area contributed by atoms with Crippen LogP contribution in [0.1, 0.15) is 12.5 Å². The summed E-state index contributed by atoms with van der Waals surface area (Å²) in [7, 11) is 0. The molecular weight excluding hydrogens is 222 g/mol. The lowest BCUT2D eigenvalue weighted by Crippen LogP contribution is -2.46. The second kappa shape index (κ2) is 6.59. The summed E-state index contributed by atoms with van der Waals surface area (Å²) in [5, 5.41) is 14.2. The van der Waals surface area contributed by atoms with Gasteiger partial charge in [-0.2, -0.15) is 0 Å². The van der Waals surface area contributed by atoms with E-state index >= 15 is 0 Å². The molecule has 1 aromatic rings. The Morgan fingerprint density at radius 1 is 1.53 bits per heavy atom. The molecule has 1 atom stereocenters. The van der Waals surface area contributed by atoms with E-state index in [9.17, 15) is 9.59 Å². The van der Waals surface area contributed by atoms with Crippen molar-refractivity contribution in [3.8, 4) is 0 Å². The van der Waals surface area contributed by atoms with E-state index in [-0.39, 0.29) is 12.5 Å². The van der Waals surface area contributed by atoms with Gasteiger partial charge in [-0.25, -0.2) is 4.79 Å². The summed E-state index contributed by atoms with van der Waals surface area (Å²) < 4.78 is 0. The van der Waals surface area contributed by atoms with E-state index in [1.54, 1.807) is 18.5 Å². The molecule has 1 unspecified atom stereocenters. The fourth-order valence-corrected chi connectivity index (χ4v) is 1.31. The van der Waals surface area contributed by atoms with Crippen LogP contribution in [-0.2, 0) is 16.1 Å². The summed E-state index contributed by atoms with van der Waals surface area (Å²) in [5.41, 5.74) is 0.958. The van der Waals surface area contributed by atoms with Gasteiger partial charge in [0.2, 0.25) is 5.91 Å². The third-order valence-corrected chi connectivity index (χ3v) is 2.08. The lowest BCUT2D eigenvalue weighted by molar-refractivity contribution is -0.141. The number of aliphatic carboxylic acids is 1. The fraction of sp³-hybridized carbons (Fsp3) is 0.364. The number of rotatable bonds is 6. The molecule has 92 valence electrons. The fourth-order valence-electron chi connectivity index (χ4n) is 1.31. The molecule has 0 aliphatic rings. The highest BCUT2D eigenvalue weighted by Crippen LogP contribution is 1.94. The predicted octanol–water partition coefficient (Wildman–Crippen LogP) is -0.240. The summed E-state index contributed by atoms with van der Waals surface area (Å²) >= 11 is 0. The second-order valence-corrected chi connectivity index (χ2v) is 3.58. The highest BCUT2D eigenvalue weighted by molar-refractivity contribution is 5.82. The first-order valence-electron chi connectivity index (χ1n) is 5.19. The Balaban J connectivity index is 2.37. The molecule has 0 radical (unpaired) electrons. The van der Waals surface area contributed by atoms with Gasteiger partial charge < -0.3 is 15.7 Å². The second-order valence-electron chi connectivity index (χ2n) is 3.58. The average molecular weight is 237 g/mol. The van der Waals surface area contributed by atoms with Gasteiger partial charge in [0.15, 0.2) is 0 Å². The van der Waals surface area contributed by atoms with Gasteiger partial charge in [0.05, 0.1) is 0 Å². The summed E-state index contributed by atoms with van der Waals surface area (Å²) in [4.78, 5) is 25.5. The number of hydrogen-bond acceptors (Lipinski definition) is 4. The van der Waals surface area contributed by atoms with Crippen LogP contribution in [-0.4, -0.2) is 34.6 Å². The number of carbonyl (C=O) groups is 2. The SMILES string of the molecule is CC(=O)NC(CNCc1cccnc1)C(=O)O. The van der Waals surface area contributed by atoms with Gasteiger partial charge in [0, 0.05) is 32.4 Å². The van der Waals surface area contributed by atoms with Gasteiger partial charge in [-0.15, -0.1) is 0 Å². The number of amides is 1. The minimum Gasteiger partial charge on any atom is -0.480 e. The maximum Gasteiger partial charge on any atom is 0.327 e. The van der Waals surface area contributed by atoms with Gasteiger partial charge in [-0.3, -0.25) is 9.78 Å². The van der Waals surface area contributed by atoms with E-state index in [1.807, 2.05) is 6.07 Å². The molecule has 0 saturated heterocycles. The zero-order chi connectivity index (χ0) is 12.7. The van der Waals surface area contributed by atoms with E-state index in [0.29, 0.717) is 6.54 Å². The molecule has 0 saturated carbocycles. The Morgan fingerprint density at radius 2 is 2.29 bits per heavy atom. The van der Waals surface area contributed by atoms with Crippen molar-refractivity contribution in [1.82, 2.24) is 15.6 Å². The molecule has 0 aliphatic carbocycles. The number of carboxylic acid groups (broad SMARTS) is 1. The van der Waals surface area contributed by atoms with E-state index < -0.39 is 12.0 Å². The molecular formula is C11H15N3O3. The number of pyridine rings is 1. The normalized spacial score (nSPS) is 11.8. The molecule has 6 heteroatoms. The molecule has 1 aromatic heterocycles. The first-order valence-corrected chi connectivity index (χ1v) is 5.19. The van der Waals surface area contributed by atoms with Crippen molar-refractivity contribution in [2.75, 3.05) is 6.54 Å². The quantitative estimate of drug-likeness (QED) is 0.635. The van der Waals surface area contributed by atoms with Crippen molar-refractivity contribution in [2.45, 2.75) is 19.5 Å². The van der Waals surface area contributed by atoms with Crippen molar-refractivity contribution < 1.29 is 14.7 Å². The minimum absolute atomic E-state index is 0.170.